The summed E-state index contributed by atoms with van der Waals surface area (Å²) in [4.78, 5) is 0. The Labute approximate surface area is 276 Å². The largest absolute Gasteiger partial charge is 0.391 e. The van der Waals surface area contributed by atoms with E-state index < -0.39 is 12.2 Å². The van der Waals surface area contributed by atoms with Crippen molar-refractivity contribution in [1.82, 2.24) is 42.5 Å². The van der Waals surface area contributed by atoms with E-state index in [1.165, 1.54) is 89.9 Å². The molecule has 10 heteroatoms. The maximum Gasteiger partial charge on any atom is 0.0799 e. The van der Waals surface area contributed by atoms with Crippen molar-refractivity contribution in [2.45, 2.75) is 171 Å². The lowest BCUT2D eigenvalue weighted by atomic mass is 9.69. The molecular weight excluding hydrogens is 576 g/mol. The minimum Gasteiger partial charge on any atom is -0.391 e. The van der Waals surface area contributed by atoms with Gasteiger partial charge in [-0.3, -0.25) is 42.5 Å². The molecule has 0 aromatic heterocycles. The highest BCUT2D eigenvalue weighted by Crippen LogP contribution is 2.47. The van der Waals surface area contributed by atoms with Crippen molar-refractivity contribution in [2.75, 3.05) is 0 Å². The van der Waals surface area contributed by atoms with E-state index in [9.17, 15) is 10.2 Å². The van der Waals surface area contributed by atoms with Gasteiger partial charge < -0.3 is 10.2 Å². The van der Waals surface area contributed by atoms with Gasteiger partial charge in [0.1, 0.15) is 0 Å². The fourth-order valence-electron chi connectivity index (χ4n) is 13.0. The van der Waals surface area contributed by atoms with E-state index in [0.717, 1.165) is 6.42 Å². The number of hydrogen-bond acceptors (Lipinski definition) is 10. The molecule has 19 unspecified atom stereocenters. The summed E-state index contributed by atoms with van der Waals surface area (Å²) >= 11 is 0. The van der Waals surface area contributed by atoms with Crippen molar-refractivity contribution in [2.24, 2.45) is 53.3 Å². The van der Waals surface area contributed by atoms with E-state index in [4.69, 9.17) is 0 Å². The lowest BCUT2D eigenvalue weighted by Crippen LogP contribution is -2.61. The SMILES string of the molecule is CC(O)C(O)CC1CCCC2C3NC4NC(NC5NC(NC6NC(NC(N3)C12)C1CCCCC61)C1CCCCC51)C1CCCCC41. The molecule has 5 saturated heterocycles. The van der Waals surface area contributed by atoms with Gasteiger partial charge >= 0.3 is 0 Å². The molecule has 260 valence electrons. The number of nitrogens with one attached hydrogen (secondary N) is 8. The summed E-state index contributed by atoms with van der Waals surface area (Å²) < 4.78 is 0. The number of rotatable bonds is 3. The van der Waals surface area contributed by atoms with Gasteiger partial charge in [0.2, 0.25) is 0 Å². The first kappa shape index (κ1) is 31.6. The molecular formula is C36H64N8O2. The van der Waals surface area contributed by atoms with Crippen LogP contribution in [-0.4, -0.2) is 71.7 Å². The average Bonchev–Trinajstić information content (AvgIpc) is 3.81. The second kappa shape index (κ2) is 13.1. The van der Waals surface area contributed by atoms with Crippen molar-refractivity contribution in [3.05, 3.63) is 0 Å². The highest BCUT2D eigenvalue weighted by atomic mass is 16.3. The third-order valence-corrected chi connectivity index (χ3v) is 15.1. The van der Waals surface area contributed by atoms with Gasteiger partial charge in [0.05, 0.1) is 61.5 Å². The lowest BCUT2D eigenvalue weighted by Gasteiger charge is -2.40. The van der Waals surface area contributed by atoms with Crippen LogP contribution in [0.15, 0.2) is 0 Å². The van der Waals surface area contributed by atoms with Crippen molar-refractivity contribution in [3.8, 4) is 0 Å². The Balaban J connectivity index is 1.05. The van der Waals surface area contributed by atoms with E-state index in [0.29, 0.717) is 90.5 Å². The summed E-state index contributed by atoms with van der Waals surface area (Å²) in [6, 6.07) is 0. The third-order valence-electron chi connectivity index (χ3n) is 15.1. The van der Waals surface area contributed by atoms with Crippen LogP contribution in [0.3, 0.4) is 0 Å². The molecule has 9 fully saturated rings. The third kappa shape index (κ3) is 5.63. The predicted molar refractivity (Wildman–Crippen MR) is 178 cm³/mol. The molecule has 10 nitrogen and oxygen atoms in total. The highest BCUT2D eigenvalue weighted by molar-refractivity contribution is 5.09. The summed E-state index contributed by atoms with van der Waals surface area (Å²) in [6.45, 7) is 1.75. The number of hydrogen-bond donors (Lipinski definition) is 10. The van der Waals surface area contributed by atoms with Gasteiger partial charge in [-0.1, -0.05) is 44.9 Å². The predicted octanol–water partition coefficient (Wildman–Crippen LogP) is 1.96. The normalized spacial score (nSPS) is 54.7. The van der Waals surface area contributed by atoms with Crippen LogP contribution in [0.25, 0.3) is 0 Å². The minimum absolute atomic E-state index is 0.190. The molecule has 46 heavy (non-hydrogen) atoms. The van der Waals surface area contributed by atoms with Gasteiger partial charge in [-0.15, -0.1) is 0 Å². The second-order valence-electron chi connectivity index (χ2n) is 17.5. The van der Waals surface area contributed by atoms with Crippen molar-refractivity contribution in [3.63, 3.8) is 0 Å². The maximum absolute atomic E-state index is 10.9. The lowest BCUT2D eigenvalue weighted by molar-refractivity contribution is -0.00408. The van der Waals surface area contributed by atoms with Crippen molar-refractivity contribution < 1.29 is 10.2 Å². The van der Waals surface area contributed by atoms with Crippen molar-refractivity contribution >= 4 is 0 Å². The maximum atomic E-state index is 10.9. The molecule has 9 rings (SSSR count). The number of aliphatic hydroxyl groups excluding tert-OH is 2. The Hall–Kier alpha value is -0.400. The Kier molecular flexibility index (Phi) is 8.96. The van der Waals surface area contributed by atoms with Gasteiger partial charge in [-0.05, 0) is 118 Å². The van der Waals surface area contributed by atoms with Gasteiger partial charge in [-0.2, -0.15) is 0 Å². The molecule has 19 atom stereocenters. The summed E-state index contributed by atoms with van der Waals surface area (Å²) in [5.41, 5.74) is 0. The van der Waals surface area contributed by atoms with E-state index in [-0.39, 0.29) is 18.5 Å². The molecule has 0 aromatic carbocycles. The Bertz CT molecular complexity index is 1070. The van der Waals surface area contributed by atoms with Gasteiger partial charge in [0.25, 0.3) is 0 Å². The zero-order chi connectivity index (χ0) is 30.9. The first-order chi connectivity index (χ1) is 22.5. The molecule has 0 amide bonds. The smallest absolute Gasteiger partial charge is 0.0799 e. The molecule has 5 heterocycles. The zero-order valence-electron chi connectivity index (χ0n) is 28.2. The van der Waals surface area contributed by atoms with Crippen LogP contribution in [0.2, 0.25) is 0 Å². The van der Waals surface area contributed by atoms with Gasteiger partial charge in [0, 0.05) is 0 Å². The average molecular weight is 641 g/mol. The molecule has 0 spiro atoms. The van der Waals surface area contributed by atoms with E-state index in [2.05, 4.69) is 42.5 Å². The molecule has 4 saturated carbocycles. The molecule has 5 aliphatic heterocycles. The first-order valence-corrected chi connectivity index (χ1v) is 20.0. The first-order valence-electron chi connectivity index (χ1n) is 20.0. The minimum atomic E-state index is -0.682. The fraction of sp³-hybridized carbons (Fsp3) is 1.00. The Morgan fingerprint density at radius 1 is 0.413 bits per heavy atom. The summed E-state index contributed by atoms with van der Waals surface area (Å²) in [7, 11) is 0. The molecule has 10 N–H and O–H groups in total. The second-order valence-corrected chi connectivity index (χ2v) is 17.5. The summed E-state index contributed by atoms with van der Waals surface area (Å²) in [5.74, 6) is 5.36. The highest BCUT2D eigenvalue weighted by Gasteiger charge is 2.55. The van der Waals surface area contributed by atoms with Crippen LogP contribution >= 0.6 is 0 Å². The van der Waals surface area contributed by atoms with Crippen LogP contribution in [-0.2, 0) is 0 Å². The molecule has 8 bridgehead atoms. The van der Waals surface area contributed by atoms with Crippen LogP contribution in [0.1, 0.15) is 110 Å². The molecule has 9 aliphatic rings. The number of fused-ring (bicyclic) bond motifs is 20. The summed E-state index contributed by atoms with van der Waals surface area (Å²) in [6.07, 6.45) is 21.4. The van der Waals surface area contributed by atoms with Gasteiger partial charge in [0.15, 0.2) is 0 Å². The molecule has 0 aromatic rings. The van der Waals surface area contributed by atoms with E-state index >= 15 is 0 Å². The van der Waals surface area contributed by atoms with Crippen molar-refractivity contribution in [1.29, 1.82) is 0 Å². The van der Waals surface area contributed by atoms with Crippen LogP contribution in [0, 0.1) is 53.3 Å². The molecule has 4 aliphatic carbocycles. The molecule has 0 radical (unpaired) electrons. The van der Waals surface area contributed by atoms with E-state index in [1.54, 1.807) is 6.92 Å². The fourth-order valence-corrected chi connectivity index (χ4v) is 13.0. The zero-order valence-corrected chi connectivity index (χ0v) is 28.2. The van der Waals surface area contributed by atoms with Crippen LogP contribution in [0.5, 0.6) is 0 Å². The van der Waals surface area contributed by atoms with Crippen LogP contribution in [0.4, 0.5) is 0 Å². The van der Waals surface area contributed by atoms with Crippen LogP contribution < -0.4 is 42.5 Å². The Morgan fingerprint density at radius 2 is 0.717 bits per heavy atom. The Morgan fingerprint density at radius 3 is 1.07 bits per heavy atom. The van der Waals surface area contributed by atoms with E-state index in [1.807, 2.05) is 0 Å². The van der Waals surface area contributed by atoms with Gasteiger partial charge in [-0.25, -0.2) is 0 Å². The monoisotopic (exact) mass is 641 g/mol. The summed E-state index contributed by atoms with van der Waals surface area (Å²) in [5, 5.41) is 54.9. The topological polar surface area (TPSA) is 137 Å². The standard InChI is InChI=1S/C36H64N8O2/c1-18(45)27(46)17-19-9-8-16-26-28(19)36-43-34-25-15-7-6-14-24(25)32(41-34)39-30-21-11-3-2-10-20(21)29(37-30)38-31-22-12-4-5-13-23(22)33(40-31)42-35(26)44-36/h18-46H,2-17H2,1H3. The quantitative estimate of drug-likeness (QED) is 0.223. The number of aliphatic hydroxyl groups is 2.